The summed E-state index contributed by atoms with van der Waals surface area (Å²) in [7, 11) is 3.26. The second kappa shape index (κ2) is 6.73. The Morgan fingerprint density at radius 3 is 2.31 bits per heavy atom. The predicted molar refractivity (Wildman–Crippen MR) is 106 cm³/mol. The van der Waals surface area contributed by atoms with Crippen molar-refractivity contribution in [3.8, 4) is 17.2 Å². The van der Waals surface area contributed by atoms with Crippen LogP contribution in [0.1, 0.15) is 21.5 Å². The fraction of sp³-hybridized carbons (Fsp3) is 0.316. The molecule has 0 N–H and O–H groups in total. The molecule has 1 aliphatic carbocycles. The summed E-state index contributed by atoms with van der Waals surface area (Å²) in [5.41, 5.74) is 2.53. The lowest BCUT2D eigenvalue weighted by molar-refractivity contribution is 0.0629. The van der Waals surface area contributed by atoms with Crippen LogP contribution >= 0.6 is 43.5 Å². The largest absolute Gasteiger partial charge is 0.495 e. The molecule has 0 fully saturated rings. The third-order valence-electron chi connectivity index (χ3n) is 5.01. The molecular weight excluding hydrogens is 487 g/mol. The van der Waals surface area contributed by atoms with Crippen molar-refractivity contribution in [3.63, 3.8) is 0 Å². The molecule has 0 saturated heterocycles. The maximum Gasteiger partial charge on any atom is 0.173 e. The van der Waals surface area contributed by atoms with E-state index in [1.807, 2.05) is 0 Å². The van der Waals surface area contributed by atoms with Crippen LogP contribution in [-0.2, 0) is 12.8 Å². The summed E-state index contributed by atoms with van der Waals surface area (Å²) in [4.78, 5) is 13.1. The van der Waals surface area contributed by atoms with Crippen LogP contribution in [-0.4, -0.2) is 26.1 Å². The van der Waals surface area contributed by atoms with E-state index < -0.39 is 0 Å². The highest BCUT2D eigenvalue weighted by Crippen LogP contribution is 2.50. The van der Waals surface area contributed by atoms with E-state index in [0.717, 1.165) is 31.6 Å². The van der Waals surface area contributed by atoms with E-state index in [9.17, 15) is 4.79 Å². The Hall–Kier alpha value is -1.24. The van der Waals surface area contributed by atoms with E-state index >= 15 is 0 Å². The molecule has 26 heavy (non-hydrogen) atoms. The zero-order valence-corrected chi connectivity index (χ0v) is 18.0. The van der Waals surface area contributed by atoms with Gasteiger partial charge in [0.2, 0.25) is 0 Å². The zero-order chi connectivity index (χ0) is 18.6. The van der Waals surface area contributed by atoms with E-state index in [0.29, 0.717) is 29.2 Å². The van der Waals surface area contributed by atoms with Crippen molar-refractivity contribution in [1.82, 2.24) is 0 Å². The van der Waals surface area contributed by atoms with E-state index in [4.69, 9.17) is 25.8 Å². The Morgan fingerprint density at radius 2 is 1.69 bits per heavy atom. The number of hydrogen-bond donors (Lipinski definition) is 0. The van der Waals surface area contributed by atoms with E-state index in [1.165, 1.54) is 0 Å². The number of benzene rings is 2. The standard InChI is InChI=1S/C19H15Br2ClO4/c1-24-18-9-6-12-14(7-10(9)19(25-2)16(21)15(18)20)26-13-4-3-8(22)5-11(13)17(12)23/h3-5,12,14H,6-7H2,1-2H3/t12-,14-/m1/s1. The normalized spacial score (nSPS) is 20.6. The number of rotatable bonds is 2. The minimum absolute atomic E-state index is 0.0597. The maximum atomic E-state index is 13.1. The number of ether oxygens (including phenoxy) is 3. The molecule has 0 saturated carbocycles. The number of halogens is 3. The minimum atomic E-state index is -0.278. The molecule has 1 heterocycles. The van der Waals surface area contributed by atoms with Crippen LogP contribution in [0.5, 0.6) is 17.2 Å². The Morgan fingerprint density at radius 1 is 1.08 bits per heavy atom. The van der Waals surface area contributed by atoms with Crippen molar-refractivity contribution in [2.24, 2.45) is 5.92 Å². The monoisotopic (exact) mass is 500 g/mol. The van der Waals surface area contributed by atoms with Gasteiger partial charge in [0.05, 0.1) is 34.6 Å². The van der Waals surface area contributed by atoms with Gasteiger partial charge in [-0.25, -0.2) is 0 Å². The van der Waals surface area contributed by atoms with Crippen LogP contribution in [0, 0.1) is 5.92 Å². The topological polar surface area (TPSA) is 44.8 Å². The third kappa shape index (κ3) is 2.65. The second-order valence-corrected chi connectivity index (χ2v) is 8.35. The summed E-state index contributed by atoms with van der Waals surface area (Å²) in [5.74, 6) is 1.83. The lowest BCUT2D eigenvalue weighted by Crippen LogP contribution is -2.43. The van der Waals surface area contributed by atoms with Crippen LogP contribution in [0.2, 0.25) is 5.02 Å². The van der Waals surface area contributed by atoms with E-state index in [2.05, 4.69) is 31.9 Å². The molecule has 0 spiro atoms. The second-order valence-electron chi connectivity index (χ2n) is 6.33. The molecule has 2 aromatic carbocycles. The van der Waals surface area contributed by atoms with Gasteiger partial charge in [-0.1, -0.05) is 11.6 Å². The summed E-state index contributed by atoms with van der Waals surface area (Å²) in [6.07, 6.45) is 0.852. The first kappa shape index (κ1) is 18.1. The van der Waals surface area contributed by atoms with Gasteiger partial charge in [-0.15, -0.1) is 0 Å². The molecule has 0 amide bonds. The smallest absolute Gasteiger partial charge is 0.173 e. The van der Waals surface area contributed by atoms with Gasteiger partial charge < -0.3 is 14.2 Å². The molecule has 2 aliphatic rings. The fourth-order valence-electron chi connectivity index (χ4n) is 3.84. The van der Waals surface area contributed by atoms with Gasteiger partial charge in [0, 0.05) is 22.6 Å². The van der Waals surface area contributed by atoms with Crippen molar-refractivity contribution in [2.75, 3.05) is 14.2 Å². The van der Waals surface area contributed by atoms with Gasteiger partial charge >= 0.3 is 0 Å². The molecule has 1 aliphatic heterocycles. The van der Waals surface area contributed by atoms with E-state index in [-0.39, 0.29) is 17.8 Å². The first-order chi connectivity index (χ1) is 12.5. The lowest BCUT2D eigenvalue weighted by atomic mass is 9.76. The molecular formula is C19H15Br2ClO4. The van der Waals surface area contributed by atoms with Crippen LogP contribution in [0.3, 0.4) is 0 Å². The molecule has 4 nitrogen and oxygen atoms in total. The third-order valence-corrected chi connectivity index (χ3v) is 7.29. The molecule has 136 valence electrons. The Bertz CT molecular complexity index is 928. The number of Topliss-reactive ketones (excluding diaryl/α,β-unsaturated/α-hetero) is 1. The van der Waals surface area contributed by atoms with Gasteiger partial charge in [0.15, 0.2) is 5.78 Å². The number of carbonyl (C=O) groups excluding carboxylic acids is 1. The van der Waals surface area contributed by atoms with Crippen molar-refractivity contribution >= 4 is 49.2 Å². The molecule has 0 unspecified atom stereocenters. The summed E-state index contributed by atoms with van der Waals surface area (Å²) in [5, 5.41) is 0.529. The maximum absolute atomic E-state index is 13.1. The van der Waals surface area contributed by atoms with Crippen LogP contribution < -0.4 is 14.2 Å². The predicted octanol–water partition coefficient (Wildman–Crippen LogP) is 5.24. The zero-order valence-electron chi connectivity index (χ0n) is 14.1. The van der Waals surface area contributed by atoms with E-state index in [1.54, 1.807) is 32.4 Å². The number of fused-ring (bicyclic) bond motifs is 3. The van der Waals surface area contributed by atoms with Crippen LogP contribution in [0.4, 0.5) is 0 Å². The van der Waals surface area contributed by atoms with Crippen molar-refractivity contribution in [3.05, 3.63) is 48.9 Å². The number of hydrogen-bond acceptors (Lipinski definition) is 4. The number of carbonyl (C=O) groups is 1. The summed E-state index contributed by atoms with van der Waals surface area (Å²) < 4.78 is 19.0. The Kier molecular flexibility index (Phi) is 4.70. The highest BCUT2D eigenvalue weighted by Gasteiger charge is 2.43. The first-order valence-electron chi connectivity index (χ1n) is 8.07. The highest BCUT2D eigenvalue weighted by atomic mass is 79.9. The van der Waals surface area contributed by atoms with Crippen LogP contribution in [0.25, 0.3) is 0 Å². The molecule has 0 radical (unpaired) electrons. The molecule has 7 heteroatoms. The Labute approximate surface area is 173 Å². The van der Waals surface area contributed by atoms with Crippen molar-refractivity contribution in [2.45, 2.75) is 18.9 Å². The summed E-state index contributed by atoms with van der Waals surface area (Å²) in [6.45, 7) is 0. The van der Waals surface area contributed by atoms with Gasteiger partial charge in [0.25, 0.3) is 0 Å². The SMILES string of the molecule is COc1c(Br)c(Br)c(OC)c2c1C[C@H]1Oc3ccc(Cl)cc3C(=O)[C@@H]1C2. The highest BCUT2D eigenvalue weighted by molar-refractivity contribution is 9.13. The van der Waals surface area contributed by atoms with Gasteiger partial charge in [-0.2, -0.15) is 0 Å². The summed E-state index contributed by atoms with van der Waals surface area (Å²) >= 11 is 13.2. The number of ketones is 1. The van der Waals surface area contributed by atoms with Crippen molar-refractivity contribution in [1.29, 1.82) is 0 Å². The van der Waals surface area contributed by atoms with Gasteiger partial charge in [-0.05, 0) is 56.5 Å². The average Bonchev–Trinajstić information content (AvgIpc) is 2.63. The van der Waals surface area contributed by atoms with Gasteiger partial charge in [-0.3, -0.25) is 4.79 Å². The van der Waals surface area contributed by atoms with Crippen molar-refractivity contribution < 1.29 is 19.0 Å². The van der Waals surface area contributed by atoms with Crippen LogP contribution in [0.15, 0.2) is 27.1 Å². The van der Waals surface area contributed by atoms with Gasteiger partial charge in [0.1, 0.15) is 23.4 Å². The minimum Gasteiger partial charge on any atom is -0.495 e. The quantitative estimate of drug-likeness (QED) is 0.564. The molecule has 2 atom stereocenters. The first-order valence-corrected chi connectivity index (χ1v) is 10.0. The average molecular weight is 503 g/mol. The molecule has 2 aromatic rings. The number of methoxy groups -OCH3 is 2. The Balaban J connectivity index is 1.84. The molecule has 4 rings (SSSR count). The molecule has 0 aromatic heterocycles. The summed E-state index contributed by atoms with van der Waals surface area (Å²) in [6, 6.07) is 5.18. The fourth-order valence-corrected chi connectivity index (χ4v) is 5.17. The lowest BCUT2D eigenvalue weighted by Gasteiger charge is -2.38. The molecule has 0 bridgehead atoms.